The quantitative estimate of drug-likeness (QED) is 0.234. The Morgan fingerprint density at radius 2 is 0.887 bits per heavy atom. The molecule has 0 nitrogen and oxygen atoms in total. The van der Waals surface area contributed by atoms with Crippen molar-refractivity contribution in [2.24, 2.45) is 0 Å². The van der Waals surface area contributed by atoms with E-state index in [0.717, 1.165) is 18.3 Å². The van der Waals surface area contributed by atoms with E-state index in [1.807, 2.05) is 78.2 Å². The van der Waals surface area contributed by atoms with Gasteiger partial charge in [0.1, 0.15) is 0 Å². The van der Waals surface area contributed by atoms with Gasteiger partial charge in [-0.25, -0.2) is 0 Å². The Morgan fingerprint density at radius 1 is 0.642 bits per heavy atom. The van der Waals surface area contributed by atoms with E-state index < -0.39 is 0 Å². The monoisotopic (exact) mass is 1250 g/mol. The number of aryl methyl sites for hydroxylation is 1. The molecule has 0 fully saturated rings. The summed E-state index contributed by atoms with van der Waals surface area (Å²) in [5.74, 6) is 0. The largest absolute Gasteiger partial charge is 0.358 e. The van der Waals surface area contributed by atoms with Gasteiger partial charge in [-0.1, -0.05) is 91.1 Å². The number of rotatable bonds is 6. The molecule has 0 bridgehead atoms. The predicted octanol–water partition coefficient (Wildman–Crippen LogP) is 3.93. The topological polar surface area (TPSA) is 0 Å². The first-order valence-electron chi connectivity index (χ1n) is 15.5. The fraction of sp³-hybridized carbons (Fsp3) is 0.414. The summed E-state index contributed by atoms with van der Waals surface area (Å²) in [6, 6.07) is 20.3. The third-order valence-electron chi connectivity index (χ3n) is 3.13. The van der Waals surface area contributed by atoms with Crippen LogP contribution in [0.15, 0.2) is 73.8 Å². The summed E-state index contributed by atoms with van der Waals surface area (Å²) in [5.41, 5.74) is 2.48. The van der Waals surface area contributed by atoms with Crippen molar-refractivity contribution in [2.75, 3.05) is 0 Å². The van der Waals surface area contributed by atoms with Gasteiger partial charge in [-0.3, -0.25) is 0 Å². The SMILES string of the molecule is C=C.CC.CC.CCc1ccccc1.[B]B([B])C.[B]B([B])[B][B]CC.[B]C.[B][B]B([B])[B][B].[B][B]C.[B][B]C.[CH2-]c1ccccc1.[CH3-].[CH3-].[W].[W].[Y].[Y].[Y]. The molecule has 0 atom stereocenters. The van der Waals surface area contributed by atoms with Crippen molar-refractivity contribution < 1.29 is 140 Å². The molecule has 0 amide bonds. The summed E-state index contributed by atoms with van der Waals surface area (Å²) in [5, 5.41) is 0. The maximum atomic E-state index is 5.17. The van der Waals surface area contributed by atoms with Gasteiger partial charge >= 0.3 is 0 Å². The molecular formula is C29H56B19W2Y3-3. The fourth-order valence-corrected chi connectivity index (χ4v) is 1.55. The molecule has 0 aliphatic carbocycles. The minimum atomic E-state index is -0.278. The van der Waals surface area contributed by atoms with Crippen LogP contribution in [0.5, 0.6) is 0 Å². The Hall–Kier alpha value is 3.97. The fourth-order valence-electron chi connectivity index (χ4n) is 1.55. The Labute approximate surface area is 461 Å². The first-order chi connectivity index (χ1) is 22.0. The van der Waals surface area contributed by atoms with Gasteiger partial charge in [-0.2, -0.15) is 24.6 Å². The number of benzene rings is 2. The average molecular weight is 1240 g/mol. The van der Waals surface area contributed by atoms with Gasteiger partial charge in [0.05, 0.1) is 29.4 Å². The molecular weight excluding hydrogens is 1190 g/mol. The molecule has 253 valence electrons. The van der Waals surface area contributed by atoms with Crippen molar-refractivity contribution >= 4 is 139 Å². The van der Waals surface area contributed by atoms with Crippen LogP contribution >= 0.6 is 0 Å². The molecule has 0 heterocycles. The molecule has 0 aliphatic heterocycles. The van der Waals surface area contributed by atoms with E-state index in [1.54, 1.807) is 27.5 Å². The Balaban J connectivity index is -0.0000000208. The first-order valence-corrected chi connectivity index (χ1v) is 15.5. The molecule has 0 unspecified atom stereocenters. The van der Waals surface area contributed by atoms with Crippen molar-refractivity contribution in [2.45, 2.75) is 81.6 Å². The summed E-state index contributed by atoms with van der Waals surface area (Å²) < 4.78 is 0. The van der Waals surface area contributed by atoms with E-state index in [9.17, 15) is 0 Å². The zero-order valence-corrected chi connectivity index (χ0v) is 50.2. The van der Waals surface area contributed by atoms with Crippen LogP contribution in [-0.4, -0.2) is 139 Å². The van der Waals surface area contributed by atoms with Crippen molar-refractivity contribution in [1.82, 2.24) is 0 Å². The minimum absolute atomic E-state index is 0. The molecule has 29 radical (unpaired) electrons. The van der Waals surface area contributed by atoms with Crippen molar-refractivity contribution in [3.63, 3.8) is 0 Å². The van der Waals surface area contributed by atoms with Crippen molar-refractivity contribution in [3.05, 3.63) is 107 Å². The molecule has 2 rings (SSSR count). The third-order valence-corrected chi connectivity index (χ3v) is 3.13. The molecule has 0 aromatic heterocycles. The van der Waals surface area contributed by atoms with Gasteiger partial charge in [0.2, 0.25) is 0 Å². The van der Waals surface area contributed by atoms with Gasteiger partial charge in [0.25, 0.3) is 0 Å². The molecule has 0 saturated heterocycles. The van der Waals surface area contributed by atoms with Crippen LogP contribution in [-0.2, 0) is 147 Å². The number of hydrogen-bond donors (Lipinski definition) is 0. The van der Waals surface area contributed by atoms with Crippen LogP contribution in [0.1, 0.15) is 52.7 Å². The summed E-state index contributed by atoms with van der Waals surface area (Å²) in [7, 11) is 58.4. The van der Waals surface area contributed by atoms with Gasteiger partial charge in [0, 0.05) is 250 Å². The van der Waals surface area contributed by atoms with E-state index in [1.165, 1.54) is 40.8 Å². The zero-order valence-electron chi connectivity index (χ0n) is 35.8. The summed E-state index contributed by atoms with van der Waals surface area (Å²) >= 11 is 0. The third kappa shape index (κ3) is 181. The standard InChI is InChI=1S/C8H10.C7H7.C2H5B5.2C2H6.C2H4.CH3B3.2CH3B2.CH3B.2CH3.B6.2W.3Y/c1-2-8-6-4-3-5-7-8;1-7-5-3-2-4-6-7;1-2-5-6-7(3)4;3*1-2;1-4(2)3;2*1-3-2;1-2;;;1-4-6(3)5-2;;;;;/h3-7H,2H2,1H3;2-6H,1H2;2H2,1H3;2*1-2H3;1-2H2;1H3;2*1H3;1H3;2*1H3;;;;;;/q;-1;;;;;;;;;2*-1;;;;;;. The van der Waals surface area contributed by atoms with Crippen LogP contribution < -0.4 is 0 Å². The molecule has 24 heteroatoms. The predicted molar refractivity (Wildman–Crippen MR) is 257 cm³/mol. The van der Waals surface area contributed by atoms with Crippen LogP contribution in [0.4, 0.5) is 0 Å². The molecule has 0 N–H and O–H groups in total. The van der Waals surface area contributed by atoms with Crippen LogP contribution in [0.3, 0.4) is 0 Å². The Morgan fingerprint density at radius 3 is 0.981 bits per heavy atom. The van der Waals surface area contributed by atoms with E-state index in [-0.39, 0.29) is 174 Å². The Bertz CT molecular complexity index is 648. The summed E-state index contributed by atoms with van der Waals surface area (Å²) in [6.45, 7) is 28.5. The van der Waals surface area contributed by atoms with Crippen molar-refractivity contribution in [3.8, 4) is 0 Å². The molecule has 53 heavy (non-hydrogen) atoms. The van der Waals surface area contributed by atoms with Gasteiger partial charge in [-0.05, 0) is 12.0 Å². The van der Waals surface area contributed by atoms with E-state index in [4.69, 9.17) is 69.6 Å². The number of hydrogen-bond acceptors (Lipinski definition) is 0. The van der Waals surface area contributed by atoms with Gasteiger partial charge < -0.3 is 14.9 Å². The zero-order chi connectivity index (χ0) is 38.6. The van der Waals surface area contributed by atoms with E-state index >= 15 is 0 Å². The second kappa shape index (κ2) is 124. The summed E-state index contributed by atoms with van der Waals surface area (Å²) in [4.78, 5) is 0. The maximum absolute atomic E-state index is 5.17. The van der Waals surface area contributed by atoms with Gasteiger partial charge in [0.15, 0.2) is 0 Å². The van der Waals surface area contributed by atoms with Gasteiger partial charge in [-0.15, -0.1) is 45.8 Å². The smallest absolute Gasteiger partial charge is 0.0606 e. The van der Waals surface area contributed by atoms with Crippen LogP contribution in [0, 0.1) is 21.8 Å². The molecule has 0 saturated carbocycles. The van der Waals surface area contributed by atoms with Crippen LogP contribution in [0.25, 0.3) is 0 Å². The van der Waals surface area contributed by atoms with Crippen LogP contribution in [0.2, 0.25) is 33.6 Å². The molecule has 2 aromatic carbocycles. The minimum Gasteiger partial charge on any atom is -0.358 e. The Kier molecular flexibility index (Phi) is 248. The maximum Gasteiger partial charge on any atom is 0.0606 e. The second-order valence-electron chi connectivity index (χ2n) is 7.23. The molecule has 2 aromatic rings. The second-order valence-corrected chi connectivity index (χ2v) is 7.23. The summed E-state index contributed by atoms with van der Waals surface area (Å²) in [6.07, 6.45) is 1.61. The van der Waals surface area contributed by atoms with E-state index in [2.05, 4.69) is 59.1 Å². The van der Waals surface area contributed by atoms with E-state index in [0.29, 0.717) is 0 Å². The molecule has 0 aliphatic rings. The van der Waals surface area contributed by atoms with Crippen molar-refractivity contribution in [1.29, 1.82) is 0 Å². The normalized spacial score (nSPS) is 5.62. The first kappa shape index (κ1) is 106. The average Bonchev–Trinajstić information content (AvgIpc) is 3.09. The molecule has 0 spiro atoms.